The van der Waals surface area contributed by atoms with Crippen molar-refractivity contribution in [1.82, 2.24) is 24.6 Å². The summed E-state index contributed by atoms with van der Waals surface area (Å²) in [5.74, 6) is 0.892. The van der Waals surface area contributed by atoms with Crippen molar-refractivity contribution in [3.8, 4) is 0 Å². The van der Waals surface area contributed by atoms with Crippen LogP contribution in [0.15, 0.2) is 23.1 Å². The van der Waals surface area contributed by atoms with Gasteiger partial charge in [-0.3, -0.25) is 4.79 Å². The minimum Gasteiger partial charge on any atom is -0.350 e. The summed E-state index contributed by atoms with van der Waals surface area (Å²) in [6.45, 7) is 5.30. The second kappa shape index (κ2) is 6.21. The molecule has 2 aromatic rings. The van der Waals surface area contributed by atoms with Crippen LogP contribution in [0, 0.1) is 0 Å². The van der Waals surface area contributed by atoms with Crippen LogP contribution in [0.3, 0.4) is 0 Å². The molecule has 0 saturated carbocycles. The molecule has 0 spiro atoms. The number of halogens is 1. The lowest BCUT2D eigenvalue weighted by Crippen LogP contribution is -2.30. The number of rotatable bonds is 5. The van der Waals surface area contributed by atoms with Crippen molar-refractivity contribution >= 4 is 21.8 Å². The van der Waals surface area contributed by atoms with E-state index in [9.17, 15) is 4.79 Å². The van der Waals surface area contributed by atoms with E-state index < -0.39 is 0 Å². The molecule has 108 valence electrons. The van der Waals surface area contributed by atoms with Gasteiger partial charge in [0.2, 0.25) is 0 Å². The molecule has 0 unspecified atom stereocenters. The maximum absolute atomic E-state index is 12.2. The number of nitrogens with one attached hydrogen (secondary N) is 1. The maximum atomic E-state index is 12.2. The van der Waals surface area contributed by atoms with Crippen LogP contribution in [-0.2, 0) is 13.6 Å². The average Bonchev–Trinajstić information content (AvgIpc) is 3.01. The molecular weight excluding hydrogens is 322 g/mol. The lowest BCUT2D eigenvalue weighted by molar-refractivity contribution is 0.0942. The standard InChI is InChI=1S/C13H18BrN5O/c1-4-19-7-10(14)5-11(19)13(20)15-6-9(2)12-17-16-8-18(12)3/h5,7-9H,4,6H2,1-3H3,(H,15,20)/t9-/m0/s1. The van der Waals surface area contributed by atoms with E-state index in [1.54, 1.807) is 6.33 Å². The Labute approximate surface area is 126 Å². The fraction of sp³-hybridized carbons (Fsp3) is 0.462. The first-order chi connectivity index (χ1) is 9.52. The molecule has 20 heavy (non-hydrogen) atoms. The molecule has 0 aromatic carbocycles. The number of nitrogens with zero attached hydrogens (tertiary/aromatic N) is 4. The van der Waals surface area contributed by atoms with Gasteiger partial charge in [-0.05, 0) is 28.9 Å². The van der Waals surface area contributed by atoms with Crippen LogP contribution >= 0.6 is 15.9 Å². The van der Waals surface area contributed by atoms with Crippen LogP contribution in [-0.4, -0.2) is 31.8 Å². The zero-order valence-electron chi connectivity index (χ0n) is 11.8. The number of carbonyl (C=O) groups excluding carboxylic acids is 1. The molecule has 0 aliphatic carbocycles. The molecule has 1 N–H and O–H groups in total. The van der Waals surface area contributed by atoms with E-state index in [2.05, 4.69) is 31.4 Å². The zero-order valence-corrected chi connectivity index (χ0v) is 13.4. The first-order valence-corrected chi connectivity index (χ1v) is 7.30. The van der Waals surface area contributed by atoms with E-state index >= 15 is 0 Å². The van der Waals surface area contributed by atoms with Crippen molar-refractivity contribution in [3.63, 3.8) is 0 Å². The molecule has 0 fully saturated rings. The summed E-state index contributed by atoms with van der Waals surface area (Å²) in [6.07, 6.45) is 3.56. The van der Waals surface area contributed by atoms with Crippen LogP contribution in [0.25, 0.3) is 0 Å². The van der Waals surface area contributed by atoms with E-state index in [0.717, 1.165) is 16.8 Å². The Hall–Kier alpha value is -1.63. The minimum absolute atomic E-state index is 0.0773. The summed E-state index contributed by atoms with van der Waals surface area (Å²) in [7, 11) is 1.90. The molecule has 1 amide bonds. The summed E-state index contributed by atoms with van der Waals surface area (Å²) in [6, 6.07) is 1.83. The molecule has 0 aliphatic heterocycles. The first kappa shape index (κ1) is 14.8. The quantitative estimate of drug-likeness (QED) is 0.905. The zero-order chi connectivity index (χ0) is 14.7. The second-order valence-corrected chi connectivity index (χ2v) is 5.66. The summed E-state index contributed by atoms with van der Waals surface area (Å²) in [5, 5.41) is 10.8. The fourth-order valence-corrected chi connectivity index (χ4v) is 2.56. The van der Waals surface area contributed by atoms with E-state index in [-0.39, 0.29) is 11.8 Å². The molecule has 2 heterocycles. The Bertz CT molecular complexity index is 604. The Morgan fingerprint density at radius 1 is 1.55 bits per heavy atom. The van der Waals surface area contributed by atoms with Crippen molar-refractivity contribution in [1.29, 1.82) is 0 Å². The molecule has 0 radical (unpaired) electrons. The predicted octanol–water partition coefficient (Wildman–Crippen LogP) is 1.93. The van der Waals surface area contributed by atoms with Crippen LogP contribution in [0.2, 0.25) is 0 Å². The fourth-order valence-electron chi connectivity index (χ4n) is 2.09. The van der Waals surface area contributed by atoms with Gasteiger partial charge < -0.3 is 14.5 Å². The lowest BCUT2D eigenvalue weighted by Gasteiger charge is -2.12. The lowest BCUT2D eigenvalue weighted by atomic mass is 10.1. The largest absolute Gasteiger partial charge is 0.350 e. The van der Waals surface area contributed by atoms with Crippen LogP contribution in [0.1, 0.15) is 36.1 Å². The van der Waals surface area contributed by atoms with Gasteiger partial charge in [-0.1, -0.05) is 6.92 Å². The van der Waals surface area contributed by atoms with Gasteiger partial charge in [-0.2, -0.15) is 0 Å². The van der Waals surface area contributed by atoms with Gasteiger partial charge in [-0.25, -0.2) is 0 Å². The molecule has 2 rings (SSSR count). The van der Waals surface area contributed by atoms with Gasteiger partial charge in [0.25, 0.3) is 5.91 Å². The monoisotopic (exact) mass is 339 g/mol. The molecule has 7 heteroatoms. The van der Waals surface area contributed by atoms with Gasteiger partial charge in [0, 0.05) is 36.7 Å². The van der Waals surface area contributed by atoms with Crippen LogP contribution in [0.4, 0.5) is 0 Å². The van der Waals surface area contributed by atoms with Crippen molar-refractivity contribution in [2.75, 3.05) is 6.54 Å². The third-order valence-electron chi connectivity index (χ3n) is 3.19. The highest BCUT2D eigenvalue weighted by Crippen LogP contribution is 2.15. The van der Waals surface area contributed by atoms with Crippen LogP contribution < -0.4 is 5.32 Å². The smallest absolute Gasteiger partial charge is 0.267 e. The Balaban J connectivity index is 2.00. The number of aryl methyl sites for hydroxylation is 2. The molecule has 0 bridgehead atoms. The van der Waals surface area contributed by atoms with E-state index in [1.165, 1.54) is 0 Å². The highest BCUT2D eigenvalue weighted by Gasteiger charge is 2.16. The van der Waals surface area contributed by atoms with Gasteiger partial charge in [0.15, 0.2) is 0 Å². The van der Waals surface area contributed by atoms with E-state index in [4.69, 9.17) is 0 Å². The van der Waals surface area contributed by atoms with E-state index in [1.807, 2.05) is 42.3 Å². The number of hydrogen-bond donors (Lipinski definition) is 1. The van der Waals surface area contributed by atoms with Gasteiger partial charge in [-0.15, -0.1) is 10.2 Å². The summed E-state index contributed by atoms with van der Waals surface area (Å²) >= 11 is 3.39. The topological polar surface area (TPSA) is 64.7 Å². The van der Waals surface area contributed by atoms with Crippen molar-refractivity contribution in [2.45, 2.75) is 26.3 Å². The maximum Gasteiger partial charge on any atom is 0.267 e. The third-order valence-corrected chi connectivity index (χ3v) is 3.63. The molecule has 2 aromatic heterocycles. The molecule has 6 nitrogen and oxygen atoms in total. The third kappa shape index (κ3) is 3.09. The summed E-state index contributed by atoms with van der Waals surface area (Å²) in [4.78, 5) is 12.2. The Morgan fingerprint density at radius 2 is 2.30 bits per heavy atom. The highest BCUT2D eigenvalue weighted by atomic mass is 79.9. The number of carbonyl (C=O) groups is 1. The van der Waals surface area contributed by atoms with Gasteiger partial charge in [0.1, 0.15) is 17.8 Å². The van der Waals surface area contributed by atoms with Crippen molar-refractivity contribution in [2.24, 2.45) is 7.05 Å². The van der Waals surface area contributed by atoms with Crippen LogP contribution in [0.5, 0.6) is 0 Å². The first-order valence-electron chi connectivity index (χ1n) is 6.50. The molecule has 1 atom stereocenters. The minimum atomic E-state index is -0.0773. The Kier molecular flexibility index (Phi) is 4.59. The van der Waals surface area contributed by atoms with E-state index in [0.29, 0.717) is 12.2 Å². The average molecular weight is 340 g/mol. The summed E-state index contributed by atoms with van der Waals surface area (Å²) < 4.78 is 4.68. The Morgan fingerprint density at radius 3 is 2.90 bits per heavy atom. The van der Waals surface area contributed by atoms with Gasteiger partial charge >= 0.3 is 0 Å². The number of hydrogen-bond acceptors (Lipinski definition) is 3. The predicted molar refractivity (Wildman–Crippen MR) is 79.6 cm³/mol. The molecular formula is C13H18BrN5O. The van der Waals surface area contributed by atoms with Gasteiger partial charge in [0.05, 0.1) is 0 Å². The second-order valence-electron chi connectivity index (χ2n) is 4.74. The molecule has 0 aliphatic rings. The number of amides is 1. The molecule has 0 saturated heterocycles. The SMILES string of the molecule is CCn1cc(Br)cc1C(=O)NC[C@H](C)c1nncn1C. The number of aromatic nitrogens is 4. The highest BCUT2D eigenvalue weighted by molar-refractivity contribution is 9.10. The normalized spacial score (nSPS) is 12.4. The van der Waals surface area contributed by atoms with Crippen molar-refractivity contribution < 1.29 is 4.79 Å². The van der Waals surface area contributed by atoms with Crippen molar-refractivity contribution in [3.05, 3.63) is 34.6 Å². The summed E-state index contributed by atoms with van der Waals surface area (Å²) in [5.41, 5.74) is 0.657.